The average molecular weight is 289 g/mol. The molecule has 21 heavy (non-hydrogen) atoms. The summed E-state index contributed by atoms with van der Waals surface area (Å²) in [5.41, 5.74) is 3.88. The Morgan fingerprint density at radius 1 is 1.33 bits per heavy atom. The summed E-state index contributed by atoms with van der Waals surface area (Å²) in [7, 11) is 2.15. The number of nitrogens with one attached hydrogen (secondary N) is 2. The molecule has 0 saturated heterocycles. The number of amides is 2. The zero-order valence-electron chi connectivity index (χ0n) is 13.6. The van der Waals surface area contributed by atoms with Gasteiger partial charge in [-0.3, -0.25) is 0 Å². The van der Waals surface area contributed by atoms with E-state index < -0.39 is 0 Å². The van der Waals surface area contributed by atoms with Gasteiger partial charge in [0.1, 0.15) is 0 Å². The van der Waals surface area contributed by atoms with Crippen LogP contribution in [-0.2, 0) is 12.8 Å². The van der Waals surface area contributed by atoms with E-state index in [0.717, 1.165) is 19.4 Å². The second-order valence-corrected chi connectivity index (χ2v) is 6.87. The smallest absolute Gasteiger partial charge is 0.315 e. The van der Waals surface area contributed by atoms with Crippen molar-refractivity contribution in [2.75, 3.05) is 25.0 Å². The number of anilines is 1. The largest absolute Gasteiger partial charge is 0.374 e. The summed E-state index contributed by atoms with van der Waals surface area (Å²) in [4.78, 5) is 14.0. The van der Waals surface area contributed by atoms with Gasteiger partial charge in [-0.05, 0) is 57.2 Å². The van der Waals surface area contributed by atoms with Crippen molar-refractivity contribution in [3.63, 3.8) is 0 Å². The standard InChI is InChI=1S/C17H27N3O/c1-17(2,3)19-16(21)18-10-9-13-7-8-15-14(12-13)6-5-11-20(15)4/h7-8,12H,5-6,9-11H2,1-4H3,(H2,18,19,21). The van der Waals surface area contributed by atoms with Crippen LogP contribution in [-0.4, -0.2) is 31.7 Å². The van der Waals surface area contributed by atoms with Gasteiger partial charge in [0, 0.05) is 31.4 Å². The molecule has 2 amide bonds. The fourth-order valence-corrected chi connectivity index (χ4v) is 2.70. The molecule has 0 radical (unpaired) electrons. The summed E-state index contributed by atoms with van der Waals surface area (Å²) in [5.74, 6) is 0. The van der Waals surface area contributed by atoms with Gasteiger partial charge in [0.05, 0.1) is 0 Å². The molecular formula is C17H27N3O. The first-order valence-electron chi connectivity index (χ1n) is 7.74. The molecule has 1 aromatic rings. The van der Waals surface area contributed by atoms with E-state index in [1.807, 2.05) is 20.8 Å². The van der Waals surface area contributed by atoms with Gasteiger partial charge in [-0.15, -0.1) is 0 Å². The van der Waals surface area contributed by atoms with E-state index in [1.165, 1.54) is 23.2 Å². The van der Waals surface area contributed by atoms with Gasteiger partial charge >= 0.3 is 6.03 Å². The number of hydrogen-bond donors (Lipinski definition) is 2. The number of benzene rings is 1. The number of carbonyl (C=O) groups excluding carboxylic acids is 1. The zero-order chi connectivity index (χ0) is 15.5. The number of nitrogens with zero attached hydrogens (tertiary/aromatic N) is 1. The van der Waals surface area contributed by atoms with Crippen molar-refractivity contribution in [1.82, 2.24) is 10.6 Å². The minimum atomic E-state index is -0.194. The zero-order valence-corrected chi connectivity index (χ0v) is 13.6. The molecule has 0 aromatic heterocycles. The minimum Gasteiger partial charge on any atom is -0.374 e. The van der Waals surface area contributed by atoms with Gasteiger partial charge in [0.15, 0.2) is 0 Å². The first-order chi connectivity index (χ1) is 9.85. The van der Waals surface area contributed by atoms with Crippen LogP contribution in [0.15, 0.2) is 18.2 Å². The normalized spacial score (nSPS) is 14.6. The first kappa shape index (κ1) is 15.7. The Bertz CT molecular complexity index is 505. The third-order valence-corrected chi connectivity index (χ3v) is 3.68. The molecule has 2 rings (SSSR count). The molecule has 0 aliphatic carbocycles. The summed E-state index contributed by atoms with van der Waals surface area (Å²) in [6.07, 6.45) is 3.25. The Morgan fingerprint density at radius 3 is 2.81 bits per heavy atom. The summed E-state index contributed by atoms with van der Waals surface area (Å²) in [6, 6.07) is 6.57. The lowest BCUT2D eigenvalue weighted by Crippen LogP contribution is -2.46. The maximum absolute atomic E-state index is 11.7. The van der Waals surface area contributed by atoms with Crippen molar-refractivity contribution >= 4 is 11.7 Å². The molecule has 0 atom stereocenters. The van der Waals surface area contributed by atoms with Crippen molar-refractivity contribution in [1.29, 1.82) is 0 Å². The number of fused-ring (bicyclic) bond motifs is 1. The lowest BCUT2D eigenvalue weighted by atomic mass is 9.98. The van der Waals surface area contributed by atoms with Gasteiger partial charge in [0.25, 0.3) is 0 Å². The fourth-order valence-electron chi connectivity index (χ4n) is 2.70. The quantitative estimate of drug-likeness (QED) is 0.898. The molecule has 4 nitrogen and oxygen atoms in total. The predicted octanol–water partition coefficient (Wildman–Crippen LogP) is 2.71. The highest BCUT2D eigenvalue weighted by atomic mass is 16.2. The van der Waals surface area contributed by atoms with E-state index in [4.69, 9.17) is 0 Å². The van der Waals surface area contributed by atoms with E-state index in [-0.39, 0.29) is 11.6 Å². The van der Waals surface area contributed by atoms with Gasteiger partial charge in [0.2, 0.25) is 0 Å². The number of aryl methyl sites for hydroxylation is 1. The lowest BCUT2D eigenvalue weighted by molar-refractivity contribution is 0.232. The van der Waals surface area contributed by atoms with Crippen molar-refractivity contribution < 1.29 is 4.79 Å². The fraction of sp³-hybridized carbons (Fsp3) is 0.588. The second-order valence-electron chi connectivity index (χ2n) is 6.87. The molecule has 116 valence electrons. The number of rotatable bonds is 3. The van der Waals surface area contributed by atoms with Crippen LogP contribution in [0.25, 0.3) is 0 Å². The van der Waals surface area contributed by atoms with Crippen molar-refractivity contribution in [3.8, 4) is 0 Å². The van der Waals surface area contributed by atoms with Gasteiger partial charge < -0.3 is 15.5 Å². The maximum Gasteiger partial charge on any atom is 0.315 e. The Kier molecular flexibility index (Phi) is 4.76. The molecular weight excluding hydrogens is 262 g/mol. The van der Waals surface area contributed by atoms with E-state index in [9.17, 15) is 4.79 Å². The topological polar surface area (TPSA) is 44.4 Å². The van der Waals surface area contributed by atoms with Gasteiger partial charge in [-0.25, -0.2) is 4.79 Å². The Labute approximate surface area is 127 Å². The van der Waals surface area contributed by atoms with Crippen LogP contribution in [0.3, 0.4) is 0 Å². The third-order valence-electron chi connectivity index (χ3n) is 3.68. The van der Waals surface area contributed by atoms with E-state index >= 15 is 0 Å². The number of urea groups is 1. The maximum atomic E-state index is 11.7. The summed E-state index contributed by atoms with van der Waals surface area (Å²) in [5, 5.41) is 5.82. The number of hydrogen-bond acceptors (Lipinski definition) is 2. The lowest BCUT2D eigenvalue weighted by Gasteiger charge is -2.27. The van der Waals surface area contributed by atoms with E-state index in [0.29, 0.717) is 6.54 Å². The van der Waals surface area contributed by atoms with Gasteiger partial charge in [-0.1, -0.05) is 12.1 Å². The van der Waals surface area contributed by atoms with E-state index in [2.05, 4.69) is 40.8 Å². The highest BCUT2D eigenvalue weighted by Crippen LogP contribution is 2.26. The first-order valence-corrected chi connectivity index (χ1v) is 7.74. The molecule has 2 N–H and O–H groups in total. The monoisotopic (exact) mass is 289 g/mol. The number of carbonyl (C=O) groups is 1. The van der Waals surface area contributed by atoms with Crippen LogP contribution >= 0.6 is 0 Å². The molecule has 1 heterocycles. The highest BCUT2D eigenvalue weighted by Gasteiger charge is 2.14. The Balaban J connectivity index is 1.86. The Hall–Kier alpha value is -1.71. The summed E-state index contributed by atoms with van der Waals surface area (Å²) in [6.45, 7) is 7.74. The van der Waals surface area contributed by atoms with Crippen molar-refractivity contribution in [2.45, 2.75) is 45.6 Å². The van der Waals surface area contributed by atoms with Crippen molar-refractivity contribution in [2.24, 2.45) is 0 Å². The molecule has 0 fully saturated rings. The third kappa shape index (κ3) is 4.66. The van der Waals surface area contributed by atoms with Crippen LogP contribution in [0, 0.1) is 0 Å². The van der Waals surface area contributed by atoms with Crippen LogP contribution in [0.1, 0.15) is 38.3 Å². The summed E-state index contributed by atoms with van der Waals surface area (Å²) >= 11 is 0. The minimum absolute atomic E-state index is 0.0970. The van der Waals surface area contributed by atoms with Crippen LogP contribution in [0.5, 0.6) is 0 Å². The van der Waals surface area contributed by atoms with Crippen molar-refractivity contribution in [3.05, 3.63) is 29.3 Å². The molecule has 0 unspecified atom stereocenters. The second kappa shape index (κ2) is 6.37. The summed E-state index contributed by atoms with van der Waals surface area (Å²) < 4.78 is 0. The molecule has 4 heteroatoms. The molecule has 0 saturated carbocycles. The van der Waals surface area contributed by atoms with Crippen LogP contribution in [0.2, 0.25) is 0 Å². The predicted molar refractivity (Wildman–Crippen MR) is 88.0 cm³/mol. The average Bonchev–Trinajstić information content (AvgIpc) is 2.36. The molecule has 0 bridgehead atoms. The molecule has 1 aliphatic heterocycles. The van der Waals surface area contributed by atoms with Crippen LogP contribution in [0.4, 0.5) is 10.5 Å². The van der Waals surface area contributed by atoms with Crippen LogP contribution < -0.4 is 15.5 Å². The molecule has 1 aromatic carbocycles. The highest BCUT2D eigenvalue weighted by molar-refractivity contribution is 5.74. The van der Waals surface area contributed by atoms with E-state index in [1.54, 1.807) is 0 Å². The molecule has 0 spiro atoms. The SMILES string of the molecule is CN1CCCc2cc(CCNC(=O)NC(C)(C)C)ccc21. The molecule has 1 aliphatic rings. The Morgan fingerprint density at radius 2 is 2.10 bits per heavy atom. The van der Waals surface area contributed by atoms with Gasteiger partial charge in [-0.2, -0.15) is 0 Å².